The van der Waals surface area contributed by atoms with Crippen molar-refractivity contribution in [1.82, 2.24) is 9.97 Å². The molecule has 104 valence electrons. The van der Waals surface area contributed by atoms with Gasteiger partial charge in [0, 0.05) is 12.4 Å². The molecule has 4 nitrogen and oxygen atoms in total. The fourth-order valence-corrected chi connectivity index (χ4v) is 2.32. The van der Waals surface area contributed by atoms with Crippen LogP contribution in [0.4, 0.5) is 5.69 Å². The lowest BCUT2D eigenvalue weighted by atomic mass is 10.2. The molecule has 2 aromatic carbocycles. The standard InChI is InChI=1S/C15H10Cl2N4/c16-11-2-1-3-12(17)15(11)21-20-9-10-4-5-13-14(8-10)19-7-6-18-13/h1-9,21H/b20-9+. The maximum atomic E-state index is 6.05. The molecule has 6 heteroatoms. The monoisotopic (exact) mass is 316 g/mol. The molecule has 0 atom stereocenters. The predicted octanol–water partition coefficient (Wildman–Crippen LogP) is 4.38. The third-order valence-electron chi connectivity index (χ3n) is 2.85. The average Bonchev–Trinajstić information content (AvgIpc) is 2.50. The summed E-state index contributed by atoms with van der Waals surface area (Å²) in [5.41, 5.74) is 5.99. The largest absolute Gasteiger partial charge is 0.275 e. The van der Waals surface area contributed by atoms with E-state index in [0.717, 1.165) is 16.6 Å². The van der Waals surface area contributed by atoms with Gasteiger partial charge in [-0.05, 0) is 29.8 Å². The molecule has 3 rings (SSSR count). The molecule has 0 bridgehead atoms. The number of fused-ring (bicyclic) bond motifs is 1. The Hall–Kier alpha value is -2.17. The Morgan fingerprint density at radius 3 is 2.43 bits per heavy atom. The van der Waals surface area contributed by atoms with Gasteiger partial charge in [-0.1, -0.05) is 35.3 Å². The van der Waals surface area contributed by atoms with Crippen LogP contribution in [0.3, 0.4) is 0 Å². The van der Waals surface area contributed by atoms with Crippen molar-refractivity contribution >= 4 is 46.1 Å². The van der Waals surface area contributed by atoms with E-state index in [0.29, 0.717) is 15.7 Å². The molecule has 0 amide bonds. The van der Waals surface area contributed by atoms with E-state index in [1.54, 1.807) is 36.8 Å². The van der Waals surface area contributed by atoms with Crippen molar-refractivity contribution in [2.45, 2.75) is 0 Å². The lowest BCUT2D eigenvalue weighted by Gasteiger charge is -2.05. The summed E-state index contributed by atoms with van der Waals surface area (Å²) in [6.45, 7) is 0. The van der Waals surface area contributed by atoms with Gasteiger partial charge in [-0.3, -0.25) is 15.4 Å². The van der Waals surface area contributed by atoms with Gasteiger partial charge in [0.1, 0.15) is 0 Å². The van der Waals surface area contributed by atoms with Crippen LogP contribution in [0.25, 0.3) is 11.0 Å². The Labute approximate surface area is 131 Å². The van der Waals surface area contributed by atoms with Gasteiger partial charge in [0.05, 0.1) is 33.0 Å². The Kier molecular flexibility index (Phi) is 3.99. The molecule has 0 saturated heterocycles. The van der Waals surface area contributed by atoms with Crippen molar-refractivity contribution in [3.8, 4) is 0 Å². The average molecular weight is 317 g/mol. The van der Waals surface area contributed by atoms with Crippen LogP contribution in [-0.2, 0) is 0 Å². The summed E-state index contributed by atoms with van der Waals surface area (Å²) in [5, 5.41) is 5.18. The molecule has 3 aromatic rings. The summed E-state index contributed by atoms with van der Waals surface area (Å²) < 4.78 is 0. The molecule has 1 heterocycles. The molecule has 0 aliphatic carbocycles. The topological polar surface area (TPSA) is 50.2 Å². The minimum atomic E-state index is 0.518. The van der Waals surface area contributed by atoms with Crippen LogP contribution in [0.2, 0.25) is 10.0 Å². The minimum absolute atomic E-state index is 0.518. The van der Waals surface area contributed by atoms with Gasteiger partial charge in [-0.2, -0.15) is 5.10 Å². The van der Waals surface area contributed by atoms with Crippen LogP contribution in [0, 0.1) is 0 Å². The van der Waals surface area contributed by atoms with Gasteiger partial charge in [0.25, 0.3) is 0 Å². The zero-order valence-corrected chi connectivity index (χ0v) is 12.3. The van der Waals surface area contributed by atoms with Gasteiger partial charge < -0.3 is 0 Å². The molecule has 0 saturated carbocycles. The van der Waals surface area contributed by atoms with Crippen LogP contribution in [0.5, 0.6) is 0 Å². The zero-order valence-electron chi connectivity index (χ0n) is 10.8. The van der Waals surface area contributed by atoms with Crippen molar-refractivity contribution in [2.75, 3.05) is 5.43 Å². The fourth-order valence-electron chi connectivity index (χ4n) is 1.84. The molecule has 0 fully saturated rings. The van der Waals surface area contributed by atoms with Crippen LogP contribution >= 0.6 is 23.2 Å². The summed E-state index contributed by atoms with van der Waals surface area (Å²) >= 11 is 12.1. The van der Waals surface area contributed by atoms with E-state index in [4.69, 9.17) is 23.2 Å². The van der Waals surface area contributed by atoms with E-state index in [1.807, 2.05) is 18.2 Å². The minimum Gasteiger partial charge on any atom is -0.275 e. The second-order valence-corrected chi connectivity index (χ2v) is 5.09. The number of benzene rings is 2. The third kappa shape index (κ3) is 3.12. The Balaban J connectivity index is 1.81. The maximum Gasteiger partial charge on any atom is 0.0934 e. The molecule has 0 unspecified atom stereocenters. The lowest BCUT2D eigenvalue weighted by molar-refractivity contribution is 1.29. The predicted molar refractivity (Wildman–Crippen MR) is 87.2 cm³/mol. The number of hydrogen-bond donors (Lipinski definition) is 1. The van der Waals surface area contributed by atoms with E-state index in [1.165, 1.54) is 0 Å². The molecule has 1 aromatic heterocycles. The number of hydrogen-bond acceptors (Lipinski definition) is 4. The van der Waals surface area contributed by atoms with Crippen molar-refractivity contribution in [3.63, 3.8) is 0 Å². The van der Waals surface area contributed by atoms with Gasteiger partial charge in [0.2, 0.25) is 0 Å². The van der Waals surface area contributed by atoms with Crippen LogP contribution in [-0.4, -0.2) is 16.2 Å². The third-order valence-corrected chi connectivity index (χ3v) is 3.48. The van der Waals surface area contributed by atoms with Crippen LogP contribution < -0.4 is 5.43 Å². The van der Waals surface area contributed by atoms with Crippen LogP contribution in [0.1, 0.15) is 5.56 Å². The fraction of sp³-hybridized carbons (Fsp3) is 0. The number of anilines is 1. The van der Waals surface area contributed by atoms with Gasteiger partial charge in [0.15, 0.2) is 0 Å². The summed E-state index contributed by atoms with van der Waals surface area (Å²) in [5.74, 6) is 0. The molecule has 21 heavy (non-hydrogen) atoms. The number of hydrazone groups is 1. The van der Waals surface area contributed by atoms with Crippen molar-refractivity contribution in [2.24, 2.45) is 5.10 Å². The summed E-state index contributed by atoms with van der Waals surface area (Å²) in [6, 6.07) is 11.0. The first kappa shape index (κ1) is 13.8. The lowest BCUT2D eigenvalue weighted by Crippen LogP contribution is -1.93. The summed E-state index contributed by atoms with van der Waals surface area (Å²) in [4.78, 5) is 8.47. The smallest absolute Gasteiger partial charge is 0.0934 e. The molecule has 0 radical (unpaired) electrons. The summed E-state index contributed by atoms with van der Waals surface area (Å²) in [7, 11) is 0. The normalized spacial score (nSPS) is 11.1. The van der Waals surface area contributed by atoms with Crippen molar-refractivity contribution in [1.29, 1.82) is 0 Å². The second-order valence-electron chi connectivity index (χ2n) is 4.27. The number of rotatable bonds is 3. The van der Waals surface area contributed by atoms with Crippen LogP contribution in [0.15, 0.2) is 53.9 Å². The maximum absolute atomic E-state index is 6.05. The first-order chi connectivity index (χ1) is 10.2. The Morgan fingerprint density at radius 2 is 1.67 bits per heavy atom. The first-order valence-corrected chi connectivity index (χ1v) is 6.93. The zero-order chi connectivity index (χ0) is 14.7. The molecular weight excluding hydrogens is 307 g/mol. The molecule has 0 aliphatic rings. The summed E-state index contributed by atoms with van der Waals surface area (Å²) in [6.07, 6.45) is 5.00. The Bertz CT molecular complexity index is 797. The van der Waals surface area contributed by atoms with Gasteiger partial charge in [-0.25, -0.2) is 0 Å². The van der Waals surface area contributed by atoms with Gasteiger partial charge in [-0.15, -0.1) is 0 Å². The number of aromatic nitrogens is 2. The van der Waals surface area contributed by atoms with E-state index in [9.17, 15) is 0 Å². The number of nitrogens with one attached hydrogen (secondary N) is 1. The number of nitrogens with zero attached hydrogens (tertiary/aromatic N) is 3. The Morgan fingerprint density at radius 1 is 0.952 bits per heavy atom. The second kappa shape index (κ2) is 6.08. The van der Waals surface area contributed by atoms with Crippen molar-refractivity contribution in [3.05, 3.63) is 64.4 Å². The molecule has 0 spiro atoms. The van der Waals surface area contributed by atoms with E-state index >= 15 is 0 Å². The van der Waals surface area contributed by atoms with E-state index < -0.39 is 0 Å². The highest BCUT2D eigenvalue weighted by Gasteiger charge is 2.03. The van der Waals surface area contributed by atoms with Crippen molar-refractivity contribution < 1.29 is 0 Å². The molecule has 1 N–H and O–H groups in total. The number of halogens is 2. The van der Waals surface area contributed by atoms with Gasteiger partial charge >= 0.3 is 0 Å². The highest BCUT2D eigenvalue weighted by molar-refractivity contribution is 6.39. The molecule has 0 aliphatic heterocycles. The number of para-hydroxylation sites is 1. The SMILES string of the molecule is Clc1cccc(Cl)c1N/N=C/c1ccc2nccnc2c1. The highest BCUT2D eigenvalue weighted by Crippen LogP contribution is 2.29. The van der Waals surface area contributed by atoms with E-state index in [2.05, 4.69) is 20.5 Å². The van der Waals surface area contributed by atoms with E-state index in [-0.39, 0.29) is 0 Å². The highest BCUT2D eigenvalue weighted by atomic mass is 35.5. The molecular formula is C15H10Cl2N4. The quantitative estimate of drug-likeness (QED) is 0.576. The first-order valence-electron chi connectivity index (χ1n) is 6.18.